The predicted molar refractivity (Wildman–Crippen MR) is 134 cm³/mol. The molecule has 4 rings (SSSR count). The van der Waals surface area contributed by atoms with Crippen molar-refractivity contribution in [2.75, 3.05) is 19.4 Å². The van der Waals surface area contributed by atoms with Crippen LogP contribution in [0.15, 0.2) is 91.3 Å². The van der Waals surface area contributed by atoms with E-state index in [4.69, 9.17) is 4.74 Å². The summed E-state index contributed by atoms with van der Waals surface area (Å²) in [5.41, 5.74) is 4.08. The molecule has 0 fully saturated rings. The van der Waals surface area contributed by atoms with Crippen molar-refractivity contribution >= 4 is 21.5 Å². The van der Waals surface area contributed by atoms with E-state index in [9.17, 15) is 8.42 Å². The zero-order valence-corrected chi connectivity index (χ0v) is 19.9. The third kappa shape index (κ3) is 5.98. The number of anilines is 2. The minimum absolute atomic E-state index is 0.0727. The molecule has 34 heavy (non-hydrogen) atoms. The van der Waals surface area contributed by atoms with Gasteiger partial charge in [-0.1, -0.05) is 54.6 Å². The summed E-state index contributed by atoms with van der Waals surface area (Å²) < 4.78 is 31.7. The number of sulfonamides is 1. The van der Waals surface area contributed by atoms with Crippen molar-refractivity contribution in [2.45, 2.75) is 12.4 Å². The standard InChI is InChI=1S/C26H26N4O3S/c1-30(2)34(31,32)18-21-11-8-12-22(15-21)29-26-16-24(27-19-28-26)23-13-6-7-14-25(23)33-17-20-9-4-3-5-10-20/h3-16,19H,17-18H2,1-2H3,(H,27,28,29). The fourth-order valence-electron chi connectivity index (χ4n) is 3.34. The van der Waals surface area contributed by atoms with Crippen LogP contribution in [-0.2, 0) is 22.4 Å². The SMILES string of the molecule is CN(C)S(=O)(=O)Cc1cccc(Nc2cc(-c3ccccc3OCc3ccccc3)ncn2)c1. The first-order valence-corrected chi connectivity index (χ1v) is 12.4. The molecule has 0 saturated heterocycles. The Hall–Kier alpha value is -3.75. The van der Waals surface area contributed by atoms with E-state index in [2.05, 4.69) is 15.3 Å². The molecule has 0 bridgehead atoms. The Bertz CT molecular complexity index is 1360. The van der Waals surface area contributed by atoms with Crippen LogP contribution in [0.25, 0.3) is 11.3 Å². The summed E-state index contributed by atoms with van der Waals surface area (Å²) in [6.07, 6.45) is 1.49. The van der Waals surface area contributed by atoms with Gasteiger partial charge in [-0.05, 0) is 35.4 Å². The van der Waals surface area contributed by atoms with E-state index in [0.717, 1.165) is 22.6 Å². The number of hydrogen-bond acceptors (Lipinski definition) is 6. The minimum atomic E-state index is -3.35. The van der Waals surface area contributed by atoms with Crippen LogP contribution in [0, 0.1) is 0 Å². The maximum Gasteiger partial charge on any atom is 0.217 e. The van der Waals surface area contributed by atoms with Gasteiger partial charge in [-0.25, -0.2) is 22.7 Å². The number of para-hydroxylation sites is 1. The Morgan fingerprint density at radius 3 is 2.38 bits per heavy atom. The van der Waals surface area contributed by atoms with Gasteiger partial charge >= 0.3 is 0 Å². The van der Waals surface area contributed by atoms with Crippen LogP contribution >= 0.6 is 0 Å². The highest BCUT2D eigenvalue weighted by atomic mass is 32.2. The summed E-state index contributed by atoms with van der Waals surface area (Å²) in [5, 5.41) is 3.25. The minimum Gasteiger partial charge on any atom is -0.488 e. The van der Waals surface area contributed by atoms with E-state index in [0.29, 0.717) is 23.7 Å². The van der Waals surface area contributed by atoms with Gasteiger partial charge in [-0.2, -0.15) is 0 Å². The molecule has 0 atom stereocenters. The highest BCUT2D eigenvalue weighted by Gasteiger charge is 2.15. The molecule has 0 unspecified atom stereocenters. The molecule has 7 nitrogen and oxygen atoms in total. The third-order valence-electron chi connectivity index (χ3n) is 5.17. The second-order valence-corrected chi connectivity index (χ2v) is 10.1. The van der Waals surface area contributed by atoms with Gasteiger partial charge in [0.2, 0.25) is 10.0 Å². The van der Waals surface area contributed by atoms with Crippen molar-refractivity contribution in [3.05, 3.63) is 102 Å². The number of nitrogens with zero attached hydrogens (tertiary/aromatic N) is 3. The fraction of sp³-hybridized carbons (Fsp3) is 0.154. The van der Waals surface area contributed by atoms with E-state index < -0.39 is 10.0 Å². The van der Waals surface area contributed by atoms with Crippen molar-refractivity contribution in [1.82, 2.24) is 14.3 Å². The van der Waals surface area contributed by atoms with Crippen LogP contribution in [0.5, 0.6) is 5.75 Å². The van der Waals surface area contributed by atoms with Gasteiger partial charge in [0.1, 0.15) is 24.5 Å². The lowest BCUT2D eigenvalue weighted by Crippen LogP contribution is -2.23. The lowest BCUT2D eigenvalue weighted by atomic mass is 10.1. The Labute approximate surface area is 200 Å². The monoisotopic (exact) mass is 474 g/mol. The largest absolute Gasteiger partial charge is 0.488 e. The molecule has 0 aliphatic rings. The number of nitrogens with one attached hydrogen (secondary N) is 1. The van der Waals surface area contributed by atoms with Crippen molar-refractivity contribution < 1.29 is 13.2 Å². The summed E-state index contributed by atoms with van der Waals surface area (Å²) in [5.74, 6) is 1.25. The van der Waals surface area contributed by atoms with E-state index >= 15 is 0 Å². The number of rotatable bonds is 9. The van der Waals surface area contributed by atoms with Gasteiger partial charge < -0.3 is 10.1 Å². The topological polar surface area (TPSA) is 84.4 Å². The molecule has 0 aliphatic heterocycles. The summed E-state index contributed by atoms with van der Waals surface area (Å²) >= 11 is 0. The van der Waals surface area contributed by atoms with Gasteiger partial charge in [0.25, 0.3) is 0 Å². The van der Waals surface area contributed by atoms with Crippen LogP contribution in [-0.4, -0.2) is 36.8 Å². The summed E-state index contributed by atoms with van der Waals surface area (Å²) in [4.78, 5) is 8.76. The lowest BCUT2D eigenvalue weighted by Gasteiger charge is -2.13. The second-order valence-electron chi connectivity index (χ2n) is 7.92. The van der Waals surface area contributed by atoms with Crippen LogP contribution < -0.4 is 10.1 Å². The first kappa shape index (κ1) is 23.4. The summed E-state index contributed by atoms with van der Waals surface area (Å²) in [7, 11) is -0.290. The second kappa shape index (κ2) is 10.5. The molecule has 0 spiro atoms. The van der Waals surface area contributed by atoms with Crippen molar-refractivity contribution in [2.24, 2.45) is 0 Å². The average molecular weight is 475 g/mol. The molecule has 8 heteroatoms. The average Bonchev–Trinajstić information content (AvgIpc) is 2.84. The van der Waals surface area contributed by atoms with E-state index in [1.165, 1.54) is 24.7 Å². The van der Waals surface area contributed by atoms with Crippen LogP contribution in [0.1, 0.15) is 11.1 Å². The lowest BCUT2D eigenvalue weighted by molar-refractivity contribution is 0.307. The Kier molecular flexibility index (Phi) is 7.20. The highest BCUT2D eigenvalue weighted by Crippen LogP contribution is 2.30. The number of aromatic nitrogens is 2. The van der Waals surface area contributed by atoms with Gasteiger partial charge in [0, 0.05) is 31.4 Å². The Balaban J connectivity index is 1.53. The molecule has 0 radical (unpaired) electrons. The molecule has 1 heterocycles. The van der Waals surface area contributed by atoms with E-state index in [-0.39, 0.29) is 5.75 Å². The van der Waals surface area contributed by atoms with Crippen LogP contribution in [0.4, 0.5) is 11.5 Å². The molecule has 0 amide bonds. The van der Waals surface area contributed by atoms with Crippen molar-refractivity contribution in [3.8, 4) is 17.0 Å². The van der Waals surface area contributed by atoms with Crippen LogP contribution in [0.2, 0.25) is 0 Å². The molecule has 1 aromatic heterocycles. The van der Waals surface area contributed by atoms with E-state index in [1.54, 1.807) is 12.1 Å². The first-order valence-electron chi connectivity index (χ1n) is 10.7. The number of benzene rings is 3. The molecule has 4 aromatic rings. The summed E-state index contributed by atoms with van der Waals surface area (Å²) in [6.45, 7) is 0.455. The molecule has 3 aromatic carbocycles. The zero-order chi connectivity index (χ0) is 24.0. The highest BCUT2D eigenvalue weighted by molar-refractivity contribution is 7.88. The maximum atomic E-state index is 12.2. The quantitative estimate of drug-likeness (QED) is 0.373. The van der Waals surface area contributed by atoms with Gasteiger partial charge in [-0.3, -0.25) is 0 Å². The third-order valence-corrected chi connectivity index (χ3v) is 6.98. The fourth-order valence-corrected chi connectivity index (χ4v) is 4.20. The molecule has 0 saturated carbocycles. The van der Waals surface area contributed by atoms with Crippen LogP contribution in [0.3, 0.4) is 0 Å². The van der Waals surface area contributed by atoms with Crippen molar-refractivity contribution in [3.63, 3.8) is 0 Å². The Morgan fingerprint density at radius 1 is 0.853 bits per heavy atom. The Morgan fingerprint density at radius 2 is 1.59 bits per heavy atom. The smallest absolute Gasteiger partial charge is 0.217 e. The zero-order valence-electron chi connectivity index (χ0n) is 19.0. The number of ether oxygens (including phenoxy) is 1. The molecular formula is C26H26N4O3S. The molecular weight excluding hydrogens is 448 g/mol. The van der Waals surface area contributed by atoms with Gasteiger partial charge in [0.05, 0.1) is 11.4 Å². The normalized spacial score (nSPS) is 11.4. The molecule has 0 aliphatic carbocycles. The van der Waals surface area contributed by atoms with Gasteiger partial charge in [-0.15, -0.1) is 0 Å². The predicted octanol–water partition coefficient (Wildman–Crippen LogP) is 4.86. The first-order chi connectivity index (χ1) is 16.4. The number of hydrogen-bond donors (Lipinski definition) is 1. The maximum absolute atomic E-state index is 12.2. The molecule has 1 N–H and O–H groups in total. The van der Waals surface area contributed by atoms with E-state index in [1.807, 2.05) is 72.8 Å². The van der Waals surface area contributed by atoms with Crippen molar-refractivity contribution in [1.29, 1.82) is 0 Å². The summed E-state index contributed by atoms with van der Waals surface area (Å²) in [6, 6.07) is 26.8. The molecule has 174 valence electrons. The van der Waals surface area contributed by atoms with Gasteiger partial charge in [0.15, 0.2) is 0 Å².